The monoisotopic (exact) mass is 353 g/mol. The minimum absolute atomic E-state index is 0.0966. The zero-order valence-electron chi connectivity index (χ0n) is 15.6. The first kappa shape index (κ1) is 18.6. The van der Waals surface area contributed by atoms with E-state index in [4.69, 9.17) is 0 Å². The Morgan fingerprint density at radius 3 is 2.54 bits per heavy atom. The fraction of sp³-hybridized carbons (Fsp3) is 0.435. The summed E-state index contributed by atoms with van der Waals surface area (Å²) in [4.78, 5) is 4.01. The van der Waals surface area contributed by atoms with Gasteiger partial charge >= 0.3 is 0 Å². The van der Waals surface area contributed by atoms with Crippen LogP contribution in [0.4, 0.5) is 8.78 Å². The summed E-state index contributed by atoms with van der Waals surface area (Å²) < 4.78 is 28.9. The molecule has 0 radical (unpaired) electrons. The molecule has 1 nitrogen and oxygen atoms in total. The summed E-state index contributed by atoms with van der Waals surface area (Å²) in [5.74, 6) is 5.61. The summed E-state index contributed by atoms with van der Waals surface area (Å²) in [5.41, 5.74) is -0.0358. The molecule has 136 valence electrons. The van der Waals surface area contributed by atoms with Gasteiger partial charge in [0, 0.05) is 12.3 Å². The maximum atomic E-state index is 15.6. The van der Waals surface area contributed by atoms with Crippen LogP contribution in [0.3, 0.4) is 0 Å². The van der Waals surface area contributed by atoms with Crippen molar-refractivity contribution in [3.05, 3.63) is 65.7 Å². The molecule has 1 aromatic carbocycles. The molecule has 0 aliphatic heterocycles. The van der Waals surface area contributed by atoms with Crippen LogP contribution < -0.4 is 0 Å². The highest BCUT2D eigenvalue weighted by molar-refractivity contribution is 5.33. The fourth-order valence-corrected chi connectivity index (χ4v) is 4.03. The predicted octanol–water partition coefficient (Wildman–Crippen LogP) is 5.91. The van der Waals surface area contributed by atoms with Gasteiger partial charge in [0.15, 0.2) is 5.67 Å². The summed E-state index contributed by atoms with van der Waals surface area (Å²) >= 11 is 0. The van der Waals surface area contributed by atoms with Crippen LogP contribution in [0, 0.1) is 29.0 Å². The van der Waals surface area contributed by atoms with Gasteiger partial charge in [-0.3, -0.25) is 0 Å². The van der Waals surface area contributed by atoms with Crippen molar-refractivity contribution in [3.8, 4) is 11.8 Å². The summed E-state index contributed by atoms with van der Waals surface area (Å²) in [6.45, 7) is 6.67. The Kier molecular flexibility index (Phi) is 5.14. The fourth-order valence-electron chi connectivity index (χ4n) is 4.03. The Morgan fingerprint density at radius 1 is 1.15 bits per heavy atom. The van der Waals surface area contributed by atoms with Crippen molar-refractivity contribution in [2.45, 2.75) is 51.6 Å². The number of alkyl halides is 1. The van der Waals surface area contributed by atoms with E-state index in [0.717, 1.165) is 6.42 Å². The maximum absolute atomic E-state index is 15.6. The third kappa shape index (κ3) is 4.30. The minimum Gasteiger partial charge on any atom is -0.248 e. The van der Waals surface area contributed by atoms with Crippen LogP contribution in [-0.4, -0.2) is 10.7 Å². The maximum Gasteiger partial charge on any atom is 0.171 e. The third-order valence-electron chi connectivity index (χ3n) is 5.36. The first-order valence-corrected chi connectivity index (χ1v) is 9.15. The quantitative estimate of drug-likeness (QED) is 0.581. The van der Waals surface area contributed by atoms with Gasteiger partial charge in [0.05, 0.1) is 0 Å². The molecule has 1 saturated carbocycles. The molecule has 0 N–H and O–H groups in total. The van der Waals surface area contributed by atoms with Crippen molar-refractivity contribution in [2.75, 3.05) is 0 Å². The van der Waals surface area contributed by atoms with Crippen molar-refractivity contribution in [3.63, 3.8) is 0 Å². The van der Waals surface area contributed by atoms with Crippen molar-refractivity contribution < 1.29 is 8.78 Å². The lowest BCUT2D eigenvalue weighted by Gasteiger charge is -2.44. The highest BCUT2D eigenvalue weighted by Gasteiger charge is 2.44. The highest BCUT2D eigenvalue weighted by Crippen LogP contribution is 2.50. The number of hydrogen-bond acceptors (Lipinski definition) is 1. The van der Waals surface area contributed by atoms with Gasteiger partial charge in [0.25, 0.3) is 0 Å². The van der Waals surface area contributed by atoms with Gasteiger partial charge in [-0.2, -0.15) is 0 Å². The molecule has 1 fully saturated rings. The molecule has 1 aromatic heterocycles. The van der Waals surface area contributed by atoms with Crippen molar-refractivity contribution in [2.24, 2.45) is 11.3 Å². The number of halogens is 2. The van der Waals surface area contributed by atoms with Gasteiger partial charge in [0.1, 0.15) is 11.5 Å². The molecule has 1 heterocycles. The van der Waals surface area contributed by atoms with Crippen LogP contribution in [-0.2, 0) is 0 Å². The van der Waals surface area contributed by atoms with E-state index in [2.05, 4.69) is 49.7 Å². The number of aromatic nitrogens is 1. The Hall–Kier alpha value is -2.21. The van der Waals surface area contributed by atoms with Crippen molar-refractivity contribution in [1.82, 2.24) is 4.98 Å². The van der Waals surface area contributed by atoms with E-state index in [0.29, 0.717) is 18.8 Å². The van der Waals surface area contributed by atoms with E-state index in [9.17, 15) is 4.39 Å². The smallest absolute Gasteiger partial charge is 0.171 e. The first-order valence-electron chi connectivity index (χ1n) is 9.15. The van der Waals surface area contributed by atoms with Gasteiger partial charge in [-0.15, -0.1) is 0 Å². The lowest BCUT2D eigenvalue weighted by Crippen LogP contribution is -2.39. The topological polar surface area (TPSA) is 12.9 Å². The standard InChI is InChI=1S/C23H25F2N/c1-22(2,3)21-10-13-23(25,12-9-19-15-18(24)11-14-26-19)16-20(21)17-7-5-4-6-8-17/h4-8,11,14-15,20-21H,10,13,16H2,1-3H3/t20-,21+,23+/m0/s1. The molecule has 0 spiro atoms. The molecule has 0 bridgehead atoms. The minimum atomic E-state index is -1.57. The second-order valence-electron chi connectivity index (χ2n) is 8.31. The third-order valence-corrected chi connectivity index (χ3v) is 5.36. The second-order valence-corrected chi connectivity index (χ2v) is 8.31. The summed E-state index contributed by atoms with van der Waals surface area (Å²) in [6, 6.07) is 12.7. The van der Waals surface area contributed by atoms with E-state index < -0.39 is 11.5 Å². The van der Waals surface area contributed by atoms with Gasteiger partial charge < -0.3 is 0 Å². The average Bonchev–Trinajstić information content (AvgIpc) is 2.60. The SMILES string of the molecule is CC(C)(C)[C@@H]1CC[C@](F)(C#Cc2cc(F)ccn2)C[C@H]1c1ccccc1. The number of pyridine rings is 1. The molecule has 0 amide bonds. The predicted molar refractivity (Wildman–Crippen MR) is 101 cm³/mol. The summed E-state index contributed by atoms with van der Waals surface area (Å²) in [7, 11) is 0. The van der Waals surface area contributed by atoms with E-state index in [-0.39, 0.29) is 17.0 Å². The number of nitrogens with zero attached hydrogens (tertiary/aromatic N) is 1. The number of rotatable bonds is 1. The molecule has 1 aliphatic carbocycles. The second kappa shape index (κ2) is 7.19. The summed E-state index contributed by atoms with van der Waals surface area (Å²) in [5, 5.41) is 0. The highest BCUT2D eigenvalue weighted by atomic mass is 19.1. The van der Waals surface area contributed by atoms with Crippen LogP contribution in [0.15, 0.2) is 48.7 Å². The van der Waals surface area contributed by atoms with Crippen LogP contribution in [0.25, 0.3) is 0 Å². The normalized spacial score (nSPS) is 26.0. The van der Waals surface area contributed by atoms with E-state index >= 15 is 4.39 Å². The number of benzene rings is 1. The molecule has 0 saturated heterocycles. The molecule has 26 heavy (non-hydrogen) atoms. The van der Waals surface area contributed by atoms with Crippen LogP contribution in [0.5, 0.6) is 0 Å². The average molecular weight is 353 g/mol. The van der Waals surface area contributed by atoms with E-state index in [1.54, 1.807) is 0 Å². The van der Waals surface area contributed by atoms with Gasteiger partial charge in [0.2, 0.25) is 0 Å². The molecular weight excluding hydrogens is 328 g/mol. The summed E-state index contributed by atoms with van der Waals surface area (Å²) in [6.07, 6.45) is 2.90. The van der Waals surface area contributed by atoms with Crippen LogP contribution in [0.1, 0.15) is 57.2 Å². The zero-order chi connectivity index (χ0) is 18.8. The Labute approximate surface area is 154 Å². The lowest BCUT2D eigenvalue weighted by molar-refractivity contribution is 0.0676. The molecule has 3 heteroatoms. The Bertz CT molecular complexity index is 813. The molecule has 2 aromatic rings. The van der Waals surface area contributed by atoms with Gasteiger partial charge in [-0.05, 0) is 54.1 Å². The van der Waals surface area contributed by atoms with Crippen molar-refractivity contribution in [1.29, 1.82) is 0 Å². The van der Waals surface area contributed by atoms with Gasteiger partial charge in [-0.1, -0.05) is 57.0 Å². The zero-order valence-corrected chi connectivity index (χ0v) is 15.6. The van der Waals surface area contributed by atoms with Crippen LogP contribution >= 0.6 is 0 Å². The van der Waals surface area contributed by atoms with Gasteiger partial charge in [-0.25, -0.2) is 13.8 Å². The van der Waals surface area contributed by atoms with E-state index in [1.165, 1.54) is 23.9 Å². The first-order chi connectivity index (χ1) is 12.3. The molecule has 0 unspecified atom stereocenters. The lowest BCUT2D eigenvalue weighted by atomic mass is 9.61. The Morgan fingerprint density at radius 2 is 1.88 bits per heavy atom. The van der Waals surface area contributed by atoms with Crippen molar-refractivity contribution >= 4 is 0 Å². The molecule has 1 aliphatic rings. The number of hydrogen-bond donors (Lipinski definition) is 0. The largest absolute Gasteiger partial charge is 0.248 e. The van der Waals surface area contributed by atoms with Crippen LogP contribution in [0.2, 0.25) is 0 Å². The Balaban J connectivity index is 1.89. The molecule has 3 atom stereocenters. The molecule has 3 rings (SSSR count). The molecular formula is C23H25F2N. The van der Waals surface area contributed by atoms with E-state index in [1.807, 2.05) is 18.2 Å².